The number of rotatable bonds is 91. The summed E-state index contributed by atoms with van der Waals surface area (Å²) in [5, 5.41) is 10.7. The van der Waals surface area contributed by atoms with E-state index in [1.807, 2.05) is 0 Å². The van der Waals surface area contributed by atoms with Crippen molar-refractivity contribution in [3.63, 3.8) is 0 Å². The molecule has 3 N–H and O–H groups in total. The molecule has 0 spiro atoms. The Labute approximate surface area is 670 Å². The Hall–Kier alpha value is -1.94. The van der Waals surface area contributed by atoms with Crippen molar-refractivity contribution < 1.29 is 80.2 Å². The lowest BCUT2D eigenvalue weighted by Gasteiger charge is -2.21. The van der Waals surface area contributed by atoms with E-state index in [4.69, 9.17) is 37.0 Å². The molecule has 0 bridgehead atoms. The Morgan fingerprint density at radius 3 is 0.541 bits per heavy atom. The molecule has 5 atom stereocenters. The van der Waals surface area contributed by atoms with Gasteiger partial charge in [-0.3, -0.25) is 37.3 Å². The summed E-state index contributed by atoms with van der Waals surface area (Å²) in [4.78, 5) is 73.0. The third kappa shape index (κ3) is 83.8. The molecule has 0 aliphatic rings. The number of aliphatic hydroxyl groups excluding tert-OH is 1. The molecule has 0 fully saturated rings. The van der Waals surface area contributed by atoms with Crippen LogP contribution in [0, 0.1) is 0 Å². The number of unbranched alkanes of at least 4 members (excludes halogenated alkanes) is 65. The van der Waals surface area contributed by atoms with E-state index in [-0.39, 0.29) is 25.7 Å². The number of ether oxygens (including phenoxy) is 4. The first kappa shape index (κ1) is 107. The van der Waals surface area contributed by atoms with Gasteiger partial charge in [0.15, 0.2) is 12.2 Å². The summed E-state index contributed by atoms with van der Waals surface area (Å²) in [5.41, 5.74) is 0. The summed E-state index contributed by atoms with van der Waals surface area (Å²) in [7, 11) is -9.92. The van der Waals surface area contributed by atoms with Gasteiger partial charge >= 0.3 is 39.5 Å². The fraction of sp³-hybridized carbons (Fsp3) is 0.956. The lowest BCUT2D eigenvalue weighted by Crippen LogP contribution is -2.30. The maximum absolute atomic E-state index is 13.2. The Bertz CT molecular complexity index is 2050. The summed E-state index contributed by atoms with van der Waals surface area (Å²) in [5.74, 6) is -2.11. The van der Waals surface area contributed by atoms with Crippen LogP contribution in [0.2, 0.25) is 0 Å². The van der Waals surface area contributed by atoms with Gasteiger partial charge in [-0.05, 0) is 25.7 Å². The molecule has 0 amide bonds. The van der Waals surface area contributed by atoms with E-state index in [2.05, 4.69) is 27.7 Å². The van der Waals surface area contributed by atoms with Crippen molar-refractivity contribution in [2.45, 2.75) is 515 Å². The van der Waals surface area contributed by atoms with E-state index in [9.17, 15) is 43.2 Å². The van der Waals surface area contributed by atoms with Gasteiger partial charge in [0, 0.05) is 25.7 Å². The lowest BCUT2D eigenvalue weighted by atomic mass is 10.0. The first-order chi connectivity index (χ1) is 53.2. The van der Waals surface area contributed by atoms with Gasteiger partial charge in [-0.25, -0.2) is 9.13 Å². The smallest absolute Gasteiger partial charge is 0.462 e. The van der Waals surface area contributed by atoms with Gasteiger partial charge in [-0.15, -0.1) is 0 Å². The summed E-state index contributed by atoms with van der Waals surface area (Å²) >= 11 is 0. The van der Waals surface area contributed by atoms with E-state index < -0.39 is 97.5 Å². The minimum absolute atomic E-state index is 0.109. The second-order valence-corrected chi connectivity index (χ2v) is 35.3. The van der Waals surface area contributed by atoms with Crippen LogP contribution in [0.4, 0.5) is 0 Å². The number of carbonyl (C=O) groups is 4. The number of hydrogen-bond donors (Lipinski definition) is 3. The van der Waals surface area contributed by atoms with Crippen LogP contribution in [-0.2, 0) is 65.4 Å². The molecule has 648 valence electrons. The SMILES string of the molecule is CCCCCCCCCCCCCCCCCCCCCCCCC(=O)OC[C@H](COP(=O)(O)OC[C@@H](O)COP(=O)(O)OC[C@@H](COC(=O)CCCCCCC)OC(=O)CCCCCCCCCCCCCCCCCCCCCC)OC(=O)CCCCCCCCCCCCCCCCCCCCCCCC. The zero-order valence-electron chi connectivity index (χ0n) is 71.5. The third-order valence-corrected chi connectivity index (χ3v) is 23.3. The molecule has 0 saturated carbocycles. The molecule has 17 nitrogen and oxygen atoms in total. The second-order valence-electron chi connectivity index (χ2n) is 32.3. The van der Waals surface area contributed by atoms with E-state index in [1.54, 1.807) is 0 Å². The Balaban J connectivity index is 5.07. The van der Waals surface area contributed by atoms with E-state index in [1.165, 1.54) is 321 Å². The molecule has 0 aromatic rings. The zero-order valence-corrected chi connectivity index (χ0v) is 73.3. The van der Waals surface area contributed by atoms with Gasteiger partial charge in [-0.1, -0.05) is 445 Å². The molecule has 0 aliphatic heterocycles. The standard InChI is InChI=1S/C90H176O17P2/c1-5-9-13-17-20-23-26-29-32-35-38-41-43-46-48-51-54-57-60-63-67-71-75-88(93)101-81-86(107-90(95)77-73-69-65-62-59-56-53-50-47-44-42-39-36-33-30-27-24-21-18-14-10-6-2)83-105-109(98,99)103-79-84(91)78-102-108(96,97)104-82-85(80-100-87(92)74-70-66-16-12-8-4)106-89(94)76-72-68-64-61-58-55-52-49-45-40-37-34-31-28-25-22-19-15-11-7-3/h84-86,91H,5-83H2,1-4H3,(H,96,97)(H,98,99)/t84-,85+,86+/m0/s1. The van der Waals surface area contributed by atoms with Crippen molar-refractivity contribution >= 4 is 39.5 Å². The molecule has 0 radical (unpaired) electrons. The van der Waals surface area contributed by atoms with Crippen LogP contribution < -0.4 is 0 Å². The predicted molar refractivity (Wildman–Crippen MR) is 451 cm³/mol. The Morgan fingerprint density at radius 1 is 0.220 bits per heavy atom. The van der Waals surface area contributed by atoms with Crippen molar-refractivity contribution in [2.24, 2.45) is 0 Å². The highest BCUT2D eigenvalue weighted by Crippen LogP contribution is 2.45. The van der Waals surface area contributed by atoms with Gasteiger partial charge in [0.25, 0.3) is 0 Å². The van der Waals surface area contributed by atoms with Crippen molar-refractivity contribution in [1.82, 2.24) is 0 Å². The van der Waals surface area contributed by atoms with E-state index >= 15 is 0 Å². The first-order valence-corrected chi connectivity index (χ1v) is 49.8. The minimum Gasteiger partial charge on any atom is -0.462 e. The fourth-order valence-electron chi connectivity index (χ4n) is 14.2. The molecule has 0 aromatic carbocycles. The number of aliphatic hydroxyl groups is 1. The van der Waals surface area contributed by atoms with Gasteiger partial charge in [0.1, 0.15) is 19.3 Å². The number of carbonyl (C=O) groups excluding carboxylic acids is 4. The van der Waals surface area contributed by atoms with Crippen LogP contribution in [0.5, 0.6) is 0 Å². The highest BCUT2D eigenvalue weighted by Gasteiger charge is 2.30. The van der Waals surface area contributed by atoms with Gasteiger partial charge in [0.2, 0.25) is 0 Å². The second kappa shape index (κ2) is 84.0. The lowest BCUT2D eigenvalue weighted by molar-refractivity contribution is -0.161. The normalized spacial score (nSPS) is 13.6. The molecular formula is C90H176O17P2. The average Bonchev–Trinajstić information content (AvgIpc) is 0.901. The predicted octanol–water partition coefficient (Wildman–Crippen LogP) is 28.1. The molecule has 2 unspecified atom stereocenters. The number of esters is 4. The molecule has 0 aromatic heterocycles. The van der Waals surface area contributed by atoms with Gasteiger partial charge in [-0.2, -0.15) is 0 Å². The zero-order chi connectivity index (χ0) is 79.6. The van der Waals surface area contributed by atoms with Crippen molar-refractivity contribution in [3.05, 3.63) is 0 Å². The molecule has 19 heteroatoms. The quantitative estimate of drug-likeness (QED) is 0.0222. The van der Waals surface area contributed by atoms with Crippen LogP contribution in [0.3, 0.4) is 0 Å². The Morgan fingerprint density at radius 2 is 0.367 bits per heavy atom. The van der Waals surface area contributed by atoms with Crippen molar-refractivity contribution in [1.29, 1.82) is 0 Å². The summed E-state index contributed by atoms with van der Waals surface area (Å²) in [6.07, 6.45) is 81.4. The molecule has 0 heterocycles. The maximum atomic E-state index is 13.2. The highest BCUT2D eigenvalue weighted by molar-refractivity contribution is 7.47. The maximum Gasteiger partial charge on any atom is 0.472 e. The van der Waals surface area contributed by atoms with Gasteiger partial charge < -0.3 is 33.8 Å². The van der Waals surface area contributed by atoms with Crippen LogP contribution in [0.1, 0.15) is 496 Å². The summed E-state index contributed by atoms with van der Waals surface area (Å²) in [6, 6.07) is 0. The summed E-state index contributed by atoms with van der Waals surface area (Å²) in [6.45, 7) is 4.98. The monoisotopic (exact) mass is 1590 g/mol. The van der Waals surface area contributed by atoms with Crippen LogP contribution in [-0.4, -0.2) is 96.7 Å². The number of phosphoric acid groups is 2. The largest absolute Gasteiger partial charge is 0.472 e. The minimum atomic E-state index is -4.96. The highest BCUT2D eigenvalue weighted by atomic mass is 31.2. The van der Waals surface area contributed by atoms with Crippen LogP contribution in [0.25, 0.3) is 0 Å². The molecule has 109 heavy (non-hydrogen) atoms. The van der Waals surface area contributed by atoms with Crippen molar-refractivity contribution in [3.8, 4) is 0 Å². The van der Waals surface area contributed by atoms with Crippen molar-refractivity contribution in [2.75, 3.05) is 39.6 Å². The topological polar surface area (TPSA) is 237 Å². The van der Waals surface area contributed by atoms with Crippen LogP contribution in [0.15, 0.2) is 0 Å². The third-order valence-electron chi connectivity index (χ3n) is 21.4. The van der Waals surface area contributed by atoms with E-state index in [0.717, 1.165) is 96.3 Å². The summed E-state index contributed by atoms with van der Waals surface area (Å²) < 4.78 is 68.7. The van der Waals surface area contributed by atoms with E-state index in [0.29, 0.717) is 25.7 Å². The molecule has 0 aliphatic carbocycles. The van der Waals surface area contributed by atoms with Crippen LogP contribution >= 0.6 is 15.6 Å². The fourth-order valence-corrected chi connectivity index (χ4v) is 15.8. The van der Waals surface area contributed by atoms with Gasteiger partial charge in [0.05, 0.1) is 26.4 Å². The first-order valence-electron chi connectivity index (χ1n) is 46.8. The average molecular weight is 1590 g/mol. The molecule has 0 rings (SSSR count). The number of phosphoric ester groups is 2. The molecular weight excluding hydrogens is 1410 g/mol. The Kier molecular flexibility index (Phi) is 82.5. The number of hydrogen-bond acceptors (Lipinski definition) is 15. The molecule has 0 saturated heterocycles.